The van der Waals surface area contributed by atoms with Crippen LogP contribution in [0, 0.1) is 5.92 Å². The zero-order chi connectivity index (χ0) is 16.0. The van der Waals surface area contributed by atoms with E-state index in [9.17, 15) is 14.4 Å². The van der Waals surface area contributed by atoms with Gasteiger partial charge in [-0.2, -0.15) is 0 Å². The number of ether oxygens (including phenoxy) is 2. The number of hydrogen-bond donors (Lipinski definition) is 0. The van der Waals surface area contributed by atoms with Crippen LogP contribution in [0.4, 0.5) is 4.79 Å². The highest BCUT2D eigenvalue weighted by Crippen LogP contribution is 2.22. The van der Waals surface area contributed by atoms with Gasteiger partial charge in [-0.15, -0.1) is 0 Å². The highest BCUT2D eigenvalue weighted by molar-refractivity contribution is 5.95. The first-order valence-corrected chi connectivity index (χ1v) is 7.36. The molecule has 1 amide bonds. The first kappa shape index (κ1) is 17.5. The standard InChI is InChI=1S/C15H25NO5/c1-5-20-13(18)9-12(17)8-11-6-7-16(10-11)14(19)21-15(2,3)4/h11H,5-10H2,1-4H3. The van der Waals surface area contributed by atoms with Crippen molar-refractivity contribution in [1.29, 1.82) is 0 Å². The third kappa shape index (κ3) is 6.60. The molecule has 1 unspecified atom stereocenters. The number of amides is 1. The largest absolute Gasteiger partial charge is 0.466 e. The Morgan fingerprint density at radius 1 is 1.24 bits per heavy atom. The van der Waals surface area contributed by atoms with Gasteiger partial charge in [0.05, 0.1) is 6.61 Å². The van der Waals surface area contributed by atoms with Gasteiger partial charge < -0.3 is 14.4 Å². The van der Waals surface area contributed by atoms with Crippen LogP contribution in [0.15, 0.2) is 0 Å². The van der Waals surface area contributed by atoms with Gasteiger partial charge in [0.1, 0.15) is 17.8 Å². The lowest BCUT2D eigenvalue weighted by atomic mass is 10.0. The Balaban J connectivity index is 2.36. The van der Waals surface area contributed by atoms with Crippen LogP contribution in [-0.4, -0.2) is 48.0 Å². The fourth-order valence-electron chi connectivity index (χ4n) is 2.26. The molecule has 0 aromatic carbocycles. The van der Waals surface area contributed by atoms with E-state index < -0.39 is 11.6 Å². The summed E-state index contributed by atoms with van der Waals surface area (Å²) in [5, 5.41) is 0. The number of Topliss-reactive ketones (excluding diaryl/α,β-unsaturated/α-hetero) is 1. The molecule has 6 heteroatoms. The van der Waals surface area contributed by atoms with E-state index in [1.54, 1.807) is 11.8 Å². The summed E-state index contributed by atoms with van der Waals surface area (Å²) in [6, 6.07) is 0. The Hall–Kier alpha value is -1.59. The quantitative estimate of drug-likeness (QED) is 0.574. The highest BCUT2D eigenvalue weighted by atomic mass is 16.6. The van der Waals surface area contributed by atoms with Crippen LogP contribution in [0.3, 0.4) is 0 Å². The Morgan fingerprint density at radius 3 is 2.48 bits per heavy atom. The second-order valence-electron chi connectivity index (χ2n) is 6.31. The summed E-state index contributed by atoms with van der Waals surface area (Å²) >= 11 is 0. The SMILES string of the molecule is CCOC(=O)CC(=O)CC1CCN(C(=O)OC(C)(C)C)C1. The lowest BCUT2D eigenvalue weighted by molar-refractivity contribution is -0.145. The number of rotatable bonds is 5. The Labute approximate surface area is 125 Å². The minimum atomic E-state index is -0.519. The fourth-order valence-corrected chi connectivity index (χ4v) is 2.26. The first-order valence-electron chi connectivity index (χ1n) is 7.36. The van der Waals surface area contributed by atoms with Gasteiger partial charge in [-0.05, 0) is 40.0 Å². The number of carbonyl (C=O) groups excluding carboxylic acids is 3. The summed E-state index contributed by atoms with van der Waals surface area (Å²) in [4.78, 5) is 36.5. The average molecular weight is 299 g/mol. The van der Waals surface area contributed by atoms with Crippen LogP contribution in [0.1, 0.15) is 47.0 Å². The van der Waals surface area contributed by atoms with Crippen molar-refractivity contribution >= 4 is 17.8 Å². The first-order chi connectivity index (χ1) is 9.71. The maximum absolute atomic E-state index is 11.9. The summed E-state index contributed by atoms with van der Waals surface area (Å²) in [6.45, 7) is 8.54. The van der Waals surface area contributed by atoms with Crippen LogP contribution in [0.25, 0.3) is 0 Å². The van der Waals surface area contributed by atoms with Gasteiger partial charge in [-0.25, -0.2) is 4.79 Å². The van der Waals surface area contributed by atoms with Crippen molar-refractivity contribution in [2.24, 2.45) is 5.92 Å². The van der Waals surface area contributed by atoms with E-state index in [4.69, 9.17) is 9.47 Å². The van der Waals surface area contributed by atoms with E-state index in [1.807, 2.05) is 20.8 Å². The second-order valence-corrected chi connectivity index (χ2v) is 6.31. The van der Waals surface area contributed by atoms with E-state index in [0.29, 0.717) is 19.5 Å². The molecule has 21 heavy (non-hydrogen) atoms. The molecule has 6 nitrogen and oxygen atoms in total. The molecule has 0 saturated carbocycles. The van der Waals surface area contributed by atoms with E-state index in [0.717, 1.165) is 6.42 Å². The Kier molecular flexibility index (Phi) is 6.18. The zero-order valence-electron chi connectivity index (χ0n) is 13.3. The van der Waals surface area contributed by atoms with Crippen LogP contribution in [-0.2, 0) is 19.1 Å². The third-order valence-corrected chi connectivity index (χ3v) is 3.10. The molecule has 1 heterocycles. The molecule has 1 fully saturated rings. The molecule has 1 aliphatic heterocycles. The molecule has 0 spiro atoms. The molecule has 0 N–H and O–H groups in total. The molecule has 0 aliphatic carbocycles. The van der Waals surface area contributed by atoms with Crippen molar-refractivity contribution < 1.29 is 23.9 Å². The van der Waals surface area contributed by atoms with Crippen LogP contribution in [0.2, 0.25) is 0 Å². The summed E-state index contributed by atoms with van der Waals surface area (Å²) in [7, 11) is 0. The predicted molar refractivity (Wildman–Crippen MR) is 76.8 cm³/mol. The molecule has 1 saturated heterocycles. The number of carbonyl (C=O) groups is 3. The molecule has 0 aromatic heterocycles. The van der Waals surface area contributed by atoms with Crippen molar-refractivity contribution in [3.05, 3.63) is 0 Å². The van der Waals surface area contributed by atoms with Crippen molar-refractivity contribution in [2.45, 2.75) is 52.6 Å². The zero-order valence-corrected chi connectivity index (χ0v) is 13.3. The van der Waals surface area contributed by atoms with Gasteiger partial charge in [0.25, 0.3) is 0 Å². The van der Waals surface area contributed by atoms with E-state index >= 15 is 0 Å². The Morgan fingerprint density at radius 2 is 1.90 bits per heavy atom. The average Bonchev–Trinajstić information content (AvgIpc) is 2.75. The molecule has 0 radical (unpaired) electrons. The smallest absolute Gasteiger partial charge is 0.410 e. The van der Waals surface area contributed by atoms with Crippen LogP contribution in [0.5, 0.6) is 0 Å². The number of hydrogen-bond acceptors (Lipinski definition) is 5. The van der Waals surface area contributed by atoms with Gasteiger partial charge in [-0.3, -0.25) is 9.59 Å². The number of ketones is 1. The number of esters is 1. The van der Waals surface area contributed by atoms with Crippen molar-refractivity contribution in [3.63, 3.8) is 0 Å². The van der Waals surface area contributed by atoms with Crippen molar-refractivity contribution in [2.75, 3.05) is 19.7 Å². The lowest BCUT2D eigenvalue weighted by Gasteiger charge is -2.24. The highest BCUT2D eigenvalue weighted by Gasteiger charge is 2.31. The fraction of sp³-hybridized carbons (Fsp3) is 0.800. The minimum Gasteiger partial charge on any atom is -0.466 e. The molecule has 1 rings (SSSR count). The molecule has 120 valence electrons. The summed E-state index contributed by atoms with van der Waals surface area (Å²) in [5.74, 6) is -0.520. The van der Waals surface area contributed by atoms with E-state index in [-0.39, 0.29) is 30.8 Å². The topological polar surface area (TPSA) is 72.9 Å². The molecule has 0 aromatic rings. The van der Waals surface area contributed by atoms with Gasteiger partial charge in [0.2, 0.25) is 0 Å². The minimum absolute atomic E-state index is 0.0967. The Bertz CT molecular complexity index is 399. The molecular weight excluding hydrogens is 274 g/mol. The van der Waals surface area contributed by atoms with Gasteiger partial charge >= 0.3 is 12.1 Å². The summed E-state index contributed by atoms with van der Waals surface area (Å²) in [6.07, 6.45) is 0.533. The maximum Gasteiger partial charge on any atom is 0.410 e. The predicted octanol–water partition coefficient (Wildman–Crippen LogP) is 2.16. The second kappa shape index (κ2) is 7.43. The maximum atomic E-state index is 11.9. The van der Waals surface area contributed by atoms with Crippen LogP contribution >= 0.6 is 0 Å². The van der Waals surface area contributed by atoms with Gasteiger partial charge in [-0.1, -0.05) is 0 Å². The molecular formula is C15H25NO5. The monoisotopic (exact) mass is 299 g/mol. The summed E-state index contributed by atoms with van der Waals surface area (Å²) < 4.78 is 10.0. The van der Waals surface area contributed by atoms with Crippen molar-refractivity contribution in [1.82, 2.24) is 4.90 Å². The molecule has 1 atom stereocenters. The van der Waals surface area contributed by atoms with Gasteiger partial charge in [0.15, 0.2) is 0 Å². The normalized spacial score (nSPS) is 18.5. The van der Waals surface area contributed by atoms with E-state index in [1.165, 1.54) is 0 Å². The summed E-state index contributed by atoms with van der Waals surface area (Å²) in [5.41, 5.74) is -0.519. The van der Waals surface area contributed by atoms with Crippen molar-refractivity contribution in [3.8, 4) is 0 Å². The number of nitrogens with zero attached hydrogens (tertiary/aromatic N) is 1. The lowest BCUT2D eigenvalue weighted by Crippen LogP contribution is -2.35. The number of likely N-dealkylation sites (tertiary alicyclic amines) is 1. The van der Waals surface area contributed by atoms with Crippen LogP contribution < -0.4 is 0 Å². The third-order valence-electron chi connectivity index (χ3n) is 3.10. The van der Waals surface area contributed by atoms with E-state index in [2.05, 4.69) is 0 Å². The molecule has 1 aliphatic rings. The van der Waals surface area contributed by atoms with Gasteiger partial charge in [0, 0.05) is 19.5 Å². The molecule has 0 bridgehead atoms.